The van der Waals surface area contributed by atoms with Crippen molar-refractivity contribution in [1.82, 2.24) is 9.78 Å². The maximum absolute atomic E-state index is 13.1. The second-order valence-corrected chi connectivity index (χ2v) is 7.36. The van der Waals surface area contributed by atoms with E-state index in [1.807, 2.05) is 42.5 Å². The minimum atomic E-state index is -0.758. The number of aromatic nitrogens is 2. The number of morpholine rings is 1. The molecule has 1 fully saturated rings. The maximum atomic E-state index is 13.1. The Kier molecular flexibility index (Phi) is 6.72. The van der Waals surface area contributed by atoms with Gasteiger partial charge >= 0.3 is 0 Å². The van der Waals surface area contributed by atoms with Crippen molar-refractivity contribution in [3.05, 3.63) is 60.3 Å². The van der Waals surface area contributed by atoms with E-state index in [-0.39, 0.29) is 5.91 Å². The van der Waals surface area contributed by atoms with Crippen molar-refractivity contribution in [1.29, 1.82) is 0 Å². The SMILES string of the molecule is COc1ccc(-c2ccn(C(=O)C(OC)c3ccc(N4CCOCC4)cc3)n2)cc1OC. The molecule has 168 valence electrons. The van der Waals surface area contributed by atoms with Crippen LogP contribution in [0, 0.1) is 0 Å². The van der Waals surface area contributed by atoms with Gasteiger partial charge in [0.1, 0.15) is 0 Å². The maximum Gasteiger partial charge on any atom is 0.280 e. The van der Waals surface area contributed by atoms with Crippen molar-refractivity contribution in [2.75, 3.05) is 52.5 Å². The Balaban J connectivity index is 1.52. The van der Waals surface area contributed by atoms with Crippen LogP contribution in [0.15, 0.2) is 54.7 Å². The van der Waals surface area contributed by atoms with Crippen molar-refractivity contribution >= 4 is 11.6 Å². The van der Waals surface area contributed by atoms with E-state index in [1.165, 1.54) is 11.8 Å². The first-order valence-corrected chi connectivity index (χ1v) is 10.4. The summed E-state index contributed by atoms with van der Waals surface area (Å²) in [6.45, 7) is 3.17. The number of rotatable bonds is 7. The van der Waals surface area contributed by atoms with Gasteiger partial charge in [-0.3, -0.25) is 4.79 Å². The predicted molar refractivity (Wildman–Crippen MR) is 121 cm³/mol. The number of carbonyl (C=O) groups excluding carboxylic acids is 1. The van der Waals surface area contributed by atoms with Crippen LogP contribution in [0.2, 0.25) is 0 Å². The topological polar surface area (TPSA) is 75.1 Å². The summed E-state index contributed by atoms with van der Waals surface area (Å²) in [6.07, 6.45) is 0.884. The Bertz CT molecular complexity index is 1060. The number of anilines is 1. The fourth-order valence-electron chi connectivity index (χ4n) is 3.78. The highest BCUT2D eigenvalue weighted by Gasteiger charge is 2.23. The van der Waals surface area contributed by atoms with Gasteiger partial charge in [0, 0.05) is 37.6 Å². The molecule has 0 saturated carbocycles. The number of nitrogens with zero attached hydrogens (tertiary/aromatic N) is 3. The Labute approximate surface area is 187 Å². The minimum absolute atomic E-state index is 0.265. The van der Waals surface area contributed by atoms with Gasteiger partial charge in [-0.1, -0.05) is 12.1 Å². The molecule has 2 aromatic carbocycles. The lowest BCUT2D eigenvalue weighted by Gasteiger charge is -2.29. The van der Waals surface area contributed by atoms with Crippen LogP contribution in [-0.2, 0) is 9.47 Å². The predicted octanol–water partition coefficient (Wildman–Crippen LogP) is 3.43. The molecule has 0 amide bonds. The van der Waals surface area contributed by atoms with E-state index < -0.39 is 6.10 Å². The van der Waals surface area contributed by atoms with E-state index in [1.54, 1.807) is 26.5 Å². The summed E-state index contributed by atoms with van der Waals surface area (Å²) in [6, 6.07) is 15.2. The number of methoxy groups -OCH3 is 3. The molecule has 8 nitrogen and oxygen atoms in total. The zero-order chi connectivity index (χ0) is 22.5. The molecule has 0 radical (unpaired) electrons. The van der Waals surface area contributed by atoms with E-state index in [2.05, 4.69) is 10.00 Å². The van der Waals surface area contributed by atoms with E-state index in [9.17, 15) is 4.79 Å². The zero-order valence-corrected chi connectivity index (χ0v) is 18.5. The molecule has 4 rings (SSSR count). The van der Waals surface area contributed by atoms with Gasteiger partial charge < -0.3 is 23.8 Å². The van der Waals surface area contributed by atoms with E-state index in [4.69, 9.17) is 18.9 Å². The lowest BCUT2D eigenvalue weighted by Crippen LogP contribution is -2.36. The lowest BCUT2D eigenvalue weighted by molar-refractivity contribution is 0.0498. The summed E-state index contributed by atoms with van der Waals surface area (Å²) in [4.78, 5) is 15.4. The van der Waals surface area contributed by atoms with Crippen LogP contribution in [0.4, 0.5) is 5.69 Å². The monoisotopic (exact) mass is 437 g/mol. The lowest BCUT2D eigenvalue weighted by atomic mass is 10.1. The third kappa shape index (κ3) is 4.46. The van der Waals surface area contributed by atoms with Crippen molar-refractivity contribution in [2.45, 2.75) is 6.10 Å². The van der Waals surface area contributed by atoms with Crippen LogP contribution < -0.4 is 14.4 Å². The van der Waals surface area contributed by atoms with Crippen molar-refractivity contribution in [3.63, 3.8) is 0 Å². The highest BCUT2D eigenvalue weighted by molar-refractivity contribution is 5.84. The summed E-state index contributed by atoms with van der Waals surface area (Å²) in [5.41, 5.74) is 3.35. The van der Waals surface area contributed by atoms with Gasteiger partial charge in [0.15, 0.2) is 17.6 Å². The summed E-state index contributed by atoms with van der Waals surface area (Å²) >= 11 is 0. The number of hydrogen-bond acceptors (Lipinski definition) is 7. The molecule has 3 aromatic rings. The number of ether oxygens (including phenoxy) is 4. The third-order valence-electron chi connectivity index (χ3n) is 5.53. The molecular formula is C24H27N3O5. The molecule has 1 aliphatic rings. The Hall–Kier alpha value is -3.36. The van der Waals surface area contributed by atoms with Crippen LogP contribution >= 0.6 is 0 Å². The van der Waals surface area contributed by atoms with Gasteiger partial charge in [0.25, 0.3) is 5.91 Å². The molecule has 32 heavy (non-hydrogen) atoms. The van der Waals surface area contributed by atoms with Crippen LogP contribution in [0.25, 0.3) is 11.3 Å². The minimum Gasteiger partial charge on any atom is -0.493 e. The van der Waals surface area contributed by atoms with E-state index in [0.29, 0.717) is 17.2 Å². The smallest absolute Gasteiger partial charge is 0.280 e. The largest absolute Gasteiger partial charge is 0.493 e. The van der Waals surface area contributed by atoms with Gasteiger partial charge in [-0.25, -0.2) is 4.68 Å². The average Bonchev–Trinajstić information content (AvgIpc) is 3.35. The number of benzene rings is 2. The Morgan fingerprint density at radius 2 is 1.69 bits per heavy atom. The zero-order valence-electron chi connectivity index (χ0n) is 18.5. The molecule has 1 saturated heterocycles. The fraction of sp³-hybridized carbons (Fsp3) is 0.333. The molecule has 0 N–H and O–H groups in total. The third-order valence-corrected chi connectivity index (χ3v) is 5.53. The first kappa shape index (κ1) is 21.9. The Morgan fingerprint density at radius 3 is 2.34 bits per heavy atom. The van der Waals surface area contributed by atoms with Crippen LogP contribution in [0.3, 0.4) is 0 Å². The van der Waals surface area contributed by atoms with Crippen molar-refractivity contribution < 1.29 is 23.7 Å². The van der Waals surface area contributed by atoms with E-state index >= 15 is 0 Å². The standard InChI is InChI=1S/C24H27N3O5/c1-29-21-9-6-18(16-22(21)30-2)20-10-11-27(25-20)24(28)23(31-3)17-4-7-19(8-5-17)26-12-14-32-15-13-26/h4-11,16,23H,12-15H2,1-3H3. The second-order valence-electron chi connectivity index (χ2n) is 7.36. The van der Waals surface area contributed by atoms with Crippen LogP contribution in [0.1, 0.15) is 16.5 Å². The number of hydrogen-bond donors (Lipinski definition) is 0. The normalized spacial score (nSPS) is 14.8. The van der Waals surface area contributed by atoms with Crippen LogP contribution in [-0.4, -0.2) is 63.3 Å². The summed E-state index contributed by atoms with van der Waals surface area (Å²) in [5, 5.41) is 4.47. The molecule has 0 aliphatic carbocycles. The molecule has 1 unspecified atom stereocenters. The first-order valence-electron chi connectivity index (χ1n) is 10.4. The second kappa shape index (κ2) is 9.84. The summed E-state index contributed by atoms with van der Waals surface area (Å²) in [5.74, 6) is 0.964. The molecule has 8 heteroatoms. The molecule has 1 aromatic heterocycles. The number of carbonyl (C=O) groups is 1. The Morgan fingerprint density at radius 1 is 0.969 bits per heavy atom. The van der Waals surface area contributed by atoms with Gasteiger partial charge in [-0.15, -0.1) is 0 Å². The summed E-state index contributed by atoms with van der Waals surface area (Å²) < 4.78 is 22.9. The molecular weight excluding hydrogens is 410 g/mol. The first-order chi connectivity index (χ1) is 15.6. The highest BCUT2D eigenvalue weighted by atomic mass is 16.5. The van der Waals surface area contributed by atoms with Crippen molar-refractivity contribution in [3.8, 4) is 22.8 Å². The van der Waals surface area contributed by atoms with Gasteiger partial charge in [-0.05, 0) is 42.0 Å². The summed E-state index contributed by atoms with van der Waals surface area (Å²) in [7, 11) is 4.69. The average molecular weight is 437 g/mol. The fourth-order valence-corrected chi connectivity index (χ4v) is 3.78. The molecule has 1 atom stereocenters. The van der Waals surface area contributed by atoms with Gasteiger partial charge in [-0.2, -0.15) is 5.10 Å². The molecule has 2 heterocycles. The molecule has 0 spiro atoms. The molecule has 1 aliphatic heterocycles. The quantitative estimate of drug-likeness (QED) is 0.561. The van der Waals surface area contributed by atoms with Gasteiger partial charge in [0.05, 0.1) is 33.1 Å². The van der Waals surface area contributed by atoms with Crippen molar-refractivity contribution in [2.24, 2.45) is 0 Å². The molecule has 0 bridgehead atoms. The van der Waals surface area contributed by atoms with Gasteiger partial charge in [0.2, 0.25) is 0 Å². The highest BCUT2D eigenvalue weighted by Crippen LogP contribution is 2.32. The van der Waals surface area contributed by atoms with E-state index in [0.717, 1.165) is 43.1 Å². The van der Waals surface area contributed by atoms with Crippen LogP contribution in [0.5, 0.6) is 11.5 Å².